The molecule has 0 radical (unpaired) electrons. The Morgan fingerprint density at radius 1 is 1.19 bits per heavy atom. The molecule has 0 saturated heterocycles. The van der Waals surface area contributed by atoms with Crippen molar-refractivity contribution in [3.05, 3.63) is 51.5 Å². The van der Waals surface area contributed by atoms with Gasteiger partial charge in [0.1, 0.15) is 6.07 Å². The highest BCUT2D eigenvalue weighted by Gasteiger charge is 2.11. The summed E-state index contributed by atoms with van der Waals surface area (Å²) in [5, 5.41) is 13.8. The molecule has 0 fully saturated rings. The van der Waals surface area contributed by atoms with E-state index in [1.807, 2.05) is 31.2 Å². The molecule has 2 rings (SSSR count). The lowest BCUT2D eigenvalue weighted by molar-refractivity contribution is 1.34. The zero-order chi connectivity index (χ0) is 15.4. The van der Waals surface area contributed by atoms with Crippen molar-refractivity contribution in [2.24, 2.45) is 0 Å². The molecule has 0 saturated carbocycles. The van der Waals surface area contributed by atoms with Gasteiger partial charge in [0.05, 0.1) is 22.0 Å². The molecular formula is C16H14Cl2N2S. The van der Waals surface area contributed by atoms with Gasteiger partial charge in [0.2, 0.25) is 0 Å². The third-order valence-corrected chi connectivity index (χ3v) is 4.62. The second-order valence-electron chi connectivity index (χ2n) is 4.43. The van der Waals surface area contributed by atoms with Crippen LogP contribution in [0.4, 0.5) is 11.4 Å². The van der Waals surface area contributed by atoms with Crippen LogP contribution >= 0.6 is 35.0 Å². The third-order valence-electron chi connectivity index (χ3n) is 2.96. The van der Waals surface area contributed by atoms with E-state index in [4.69, 9.17) is 23.2 Å². The molecule has 0 amide bonds. The molecule has 2 aromatic rings. The summed E-state index contributed by atoms with van der Waals surface area (Å²) in [5.41, 5.74) is 2.97. The number of nitrogens with zero attached hydrogens (tertiary/aromatic N) is 1. The van der Waals surface area contributed by atoms with Crippen LogP contribution in [0, 0.1) is 18.3 Å². The van der Waals surface area contributed by atoms with E-state index in [1.165, 1.54) is 0 Å². The van der Waals surface area contributed by atoms with Crippen molar-refractivity contribution in [1.82, 2.24) is 0 Å². The number of hydrogen-bond donors (Lipinski definition) is 1. The molecule has 0 heterocycles. The van der Waals surface area contributed by atoms with E-state index >= 15 is 0 Å². The smallest absolute Gasteiger partial charge is 0.103 e. The van der Waals surface area contributed by atoms with Crippen LogP contribution in [0.2, 0.25) is 10.0 Å². The van der Waals surface area contributed by atoms with Crippen LogP contribution in [-0.2, 0) is 0 Å². The van der Waals surface area contributed by atoms with Gasteiger partial charge in [0, 0.05) is 9.92 Å². The monoisotopic (exact) mass is 336 g/mol. The Labute approximate surface area is 139 Å². The maximum absolute atomic E-state index is 9.41. The van der Waals surface area contributed by atoms with Crippen LogP contribution in [0.3, 0.4) is 0 Å². The first-order valence-electron chi connectivity index (χ1n) is 6.45. The normalized spacial score (nSPS) is 10.2. The summed E-state index contributed by atoms with van der Waals surface area (Å²) in [6.07, 6.45) is 0. The van der Waals surface area contributed by atoms with Gasteiger partial charge in [-0.2, -0.15) is 5.26 Å². The summed E-state index contributed by atoms with van der Waals surface area (Å²) < 4.78 is 0. The van der Waals surface area contributed by atoms with Crippen LogP contribution < -0.4 is 5.32 Å². The SMILES string of the molecule is CCSc1cccc(Nc2cc(Cl)c(C)cc2Cl)c1C#N. The number of hydrogen-bond acceptors (Lipinski definition) is 3. The first-order valence-corrected chi connectivity index (χ1v) is 8.19. The maximum atomic E-state index is 9.41. The van der Waals surface area contributed by atoms with Crippen LogP contribution in [0.15, 0.2) is 35.2 Å². The third kappa shape index (κ3) is 3.65. The summed E-state index contributed by atoms with van der Waals surface area (Å²) in [5.74, 6) is 0.912. The van der Waals surface area contributed by atoms with Crippen LogP contribution in [0.1, 0.15) is 18.1 Å². The Bertz CT molecular complexity index is 708. The number of halogens is 2. The molecule has 0 unspecified atom stereocenters. The summed E-state index contributed by atoms with van der Waals surface area (Å²) >= 11 is 14.0. The van der Waals surface area contributed by atoms with Crippen molar-refractivity contribution in [2.45, 2.75) is 18.7 Å². The van der Waals surface area contributed by atoms with Crippen molar-refractivity contribution in [1.29, 1.82) is 5.26 Å². The largest absolute Gasteiger partial charge is 0.353 e. The van der Waals surface area contributed by atoms with Crippen molar-refractivity contribution >= 4 is 46.3 Å². The Morgan fingerprint density at radius 3 is 2.62 bits per heavy atom. The van der Waals surface area contributed by atoms with Gasteiger partial charge in [-0.05, 0) is 42.5 Å². The molecule has 2 aromatic carbocycles. The Balaban J connectivity index is 2.43. The van der Waals surface area contributed by atoms with E-state index in [0.717, 1.165) is 21.9 Å². The molecule has 0 atom stereocenters. The molecule has 1 N–H and O–H groups in total. The molecule has 0 bridgehead atoms. The van der Waals surface area contributed by atoms with E-state index in [-0.39, 0.29) is 0 Å². The second-order valence-corrected chi connectivity index (χ2v) is 6.55. The highest BCUT2D eigenvalue weighted by atomic mass is 35.5. The zero-order valence-corrected chi connectivity index (χ0v) is 14.0. The van der Waals surface area contributed by atoms with Gasteiger partial charge in [0.25, 0.3) is 0 Å². The molecule has 0 aliphatic rings. The lowest BCUT2D eigenvalue weighted by atomic mass is 10.1. The predicted molar refractivity (Wildman–Crippen MR) is 92.0 cm³/mol. The molecule has 0 aliphatic carbocycles. The minimum Gasteiger partial charge on any atom is -0.353 e. The number of benzene rings is 2. The number of anilines is 2. The van der Waals surface area contributed by atoms with E-state index in [9.17, 15) is 5.26 Å². The number of aryl methyl sites for hydroxylation is 1. The van der Waals surface area contributed by atoms with Crippen LogP contribution in [0.25, 0.3) is 0 Å². The Morgan fingerprint density at radius 2 is 1.95 bits per heavy atom. The molecule has 108 valence electrons. The van der Waals surface area contributed by atoms with Crippen LogP contribution in [-0.4, -0.2) is 5.75 Å². The summed E-state index contributed by atoms with van der Waals surface area (Å²) in [7, 11) is 0. The number of nitrogens with one attached hydrogen (secondary N) is 1. The molecule has 5 heteroatoms. The van der Waals surface area contributed by atoms with E-state index in [1.54, 1.807) is 17.8 Å². The molecule has 0 aromatic heterocycles. The number of thioether (sulfide) groups is 1. The molecule has 2 nitrogen and oxygen atoms in total. The quantitative estimate of drug-likeness (QED) is 0.692. The number of nitriles is 1. The highest BCUT2D eigenvalue weighted by molar-refractivity contribution is 7.99. The predicted octanol–water partition coefficient (Wildman–Crippen LogP) is 6.03. The van der Waals surface area contributed by atoms with Crippen molar-refractivity contribution in [3.8, 4) is 6.07 Å². The topological polar surface area (TPSA) is 35.8 Å². The van der Waals surface area contributed by atoms with Crippen molar-refractivity contribution in [3.63, 3.8) is 0 Å². The molecule has 21 heavy (non-hydrogen) atoms. The zero-order valence-electron chi connectivity index (χ0n) is 11.7. The highest BCUT2D eigenvalue weighted by Crippen LogP contribution is 2.34. The Hall–Kier alpha value is -1.34. The standard InChI is InChI=1S/C16H14Cl2N2S/c1-3-21-16-6-4-5-14(11(16)9-19)20-15-8-12(17)10(2)7-13(15)18/h4-8,20H,3H2,1-2H3. The minimum absolute atomic E-state index is 0.578. The second kappa shape index (κ2) is 7.09. The van der Waals surface area contributed by atoms with Gasteiger partial charge < -0.3 is 5.32 Å². The van der Waals surface area contributed by atoms with Gasteiger partial charge in [-0.25, -0.2) is 0 Å². The summed E-state index contributed by atoms with van der Waals surface area (Å²) in [6.45, 7) is 3.96. The lowest BCUT2D eigenvalue weighted by Gasteiger charge is -2.13. The van der Waals surface area contributed by atoms with E-state index in [0.29, 0.717) is 21.3 Å². The molecular weight excluding hydrogens is 323 g/mol. The van der Waals surface area contributed by atoms with Crippen molar-refractivity contribution in [2.75, 3.05) is 11.1 Å². The Kier molecular flexibility index (Phi) is 5.41. The average molecular weight is 337 g/mol. The first kappa shape index (κ1) is 16.0. The fourth-order valence-corrected chi connectivity index (χ4v) is 3.13. The number of rotatable bonds is 4. The van der Waals surface area contributed by atoms with E-state index < -0.39 is 0 Å². The van der Waals surface area contributed by atoms with Gasteiger partial charge in [0.15, 0.2) is 0 Å². The average Bonchev–Trinajstić information content (AvgIpc) is 2.45. The first-order chi connectivity index (χ1) is 10.1. The summed E-state index contributed by atoms with van der Waals surface area (Å²) in [4.78, 5) is 0.958. The van der Waals surface area contributed by atoms with Gasteiger partial charge in [-0.3, -0.25) is 0 Å². The lowest BCUT2D eigenvalue weighted by Crippen LogP contribution is -1.96. The van der Waals surface area contributed by atoms with Gasteiger partial charge in [-0.1, -0.05) is 36.2 Å². The molecule has 0 spiro atoms. The maximum Gasteiger partial charge on any atom is 0.103 e. The molecule has 0 aliphatic heterocycles. The summed E-state index contributed by atoms with van der Waals surface area (Å²) in [6, 6.07) is 11.6. The fourth-order valence-electron chi connectivity index (χ4n) is 1.91. The fraction of sp³-hybridized carbons (Fsp3) is 0.188. The van der Waals surface area contributed by atoms with Crippen LogP contribution in [0.5, 0.6) is 0 Å². The van der Waals surface area contributed by atoms with Crippen molar-refractivity contribution < 1.29 is 0 Å². The minimum atomic E-state index is 0.578. The van der Waals surface area contributed by atoms with Gasteiger partial charge in [-0.15, -0.1) is 11.8 Å². The van der Waals surface area contributed by atoms with Gasteiger partial charge >= 0.3 is 0 Å². The van der Waals surface area contributed by atoms with E-state index in [2.05, 4.69) is 18.3 Å².